The molecule has 3 aromatic heterocycles. The Balaban J connectivity index is 0.00000256. The van der Waals surface area contributed by atoms with E-state index in [0.29, 0.717) is 0 Å². The van der Waals surface area contributed by atoms with Gasteiger partial charge in [-0.3, -0.25) is 0 Å². The molecule has 41 heavy (non-hydrogen) atoms. The summed E-state index contributed by atoms with van der Waals surface area (Å²) < 4.78 is 0. The number of hydrogen-bond acceptors (Lipinski definition) is 2. The van der Waals surface area contributed by atoms with Crippen molar-refractivity contribution in [3.05, 3.63) is 121 Å². The van der Waals surface area contributed by atoms with Crippen molar-refractivity contribution in [2.45, 2.75) is 0 Å². The van der Waals surface area contributed by atoms with Gasteiger partial charge in [-0.1, -0.05) is 97.1 Å². The van der Waals surface area contributed by atoms with Gasteiger partial charge in [0.25, 0.3) is 0 Å². The number of nitrogens with zero attached hydrogens (tertiary/aromatic N) is 4. The minimum absolute atomic E-state index is 0. The van der Waals surface area contributed by atoms with Crippen molar-refractivity contribution in [2.75, 3.05) is 0 Å². The monoisotopic (exact) mass is 571 g/mol. The van der Waals surface area contributed by atoms with Crippen LogP contribution in [-0.2, 0) is 17.1 Å². The molecule has 0 spiro atoms. The predicted octanol–water partition coefficient (Wildman–Crippen LogP) is 8.54. The SMILES string of the molecule is [Cu+2].c1ccc2c(c1)-c1cc3[n-]c(cc4nc(cc5[n-]c(cc-2n1)c1ccccc51)-c1ccccc1-4)c1ccccc31. The second-order valence-corrected chi connectivity index (χ2v) is 10.3. The van der Waals surface area contributed by atoms with Crippen LogP contribution in [0.3, 0.4) is 0 Å². The van der Waals surface area contributed by atoms with Gasteiger partial charge in [0, 0.05) is 22.3 Å². The van der Waals surface area contributed by atoms with E-state index in [1.165, 1.54) is 0 Å². The van der Waals surface area contributed by atoms with Gasteiger partial charge in [0.05, 0.1) is 22.8 Å². The fourth-order valence-corrected chi connectivity index (χ4v) is 6.12. The summed E-state index contributed by atoms with van der Waals surface area (Å²) in [5, 5.41) is 4.41. The fourth-order valence-electron chi connectivity index (χ4n) is 6.12. The Labute approximate surface area is 246 Å². The second-order valence-electron chi connectivity index (χ2n) is 10.3. The average molecular weight is 572 g/mol. The zero-order chi connectivity index (χ0) is 26.2. The Morgan fingerprint density at radius 3 is 0.854 bits per heavy atom. The van der Waals surface area contributed by atoms with Crippen LogP contribution in [0.15, 0.2) is 121 Å². The van der Waals surface area contributed by atoms with Gasteiger partial charge >= 0.3 is 17.1 Å². The number of aromatic nitrogens is 4. The minimum Gasteiger partial charge on any atom is -0.657 e. The summed E-state index contributed by atoms with van der Waals surface area (Å²) >= 11 is 0. The molecule has 7 aromatic rings. The van der Waals surface area contributed by atoms with E-state index in [1.807, 2.05) is 0 Å². The van der Waals surface area contributed by atoms with Crippen LogP contribution < -0.4 is 9.97 Å². The molecule has 9 rings (SSSR count). The predicted molar refractivity (Wildman–Crippen MR) is 163 cm³/mol. The Kier molecular flexibility index (Phi) is 5.26. The molecule has 5 heterocycles. The Hall–Kier alpha value is -4.96. The second kappa shape index (κ2) is 9.03. The zero-order valence-electron chi connectivity index (χ0n) is 21.6. The molecule has 4 nitrogen and oxygen atoms in total. The van der Waals surface area contributed by atoms with Crippen molar-refractivity contribution in [3.63, 3.8) is 0 Å². The van der Waals surface area contributed by atoms with Gasteiger partial charge in [-0.25, -0.2) is 9.97 Å². The first-order chi connectivity index (χ1) is 19.8. The summed E-state index contributed by atoms with van der Waals surface area (Å²) in [7, 11) is 0. The van der Waals surface area contributed by atoms with Crippen molar-refractivity contribution < 1.29 is 17.1 Å². The summed E-state index contributed by atoms with van der Waals surface area (Å²) in [5.74, 6) is 0. The van der Waals surface area contributed by atoms with E-state index < -0.39 is 0 Å². The molecule has 2 aliphatic heterocycles. The van der Waals surface area contributed by atoms with Gasteiger partial charge in [-0.2, -0.15) is 0 Å². The molecule has 195 valence electrons. The van der Waals surface area contributed by atoms with E-state index in [9.17, 15) is 0 Å². The van der Waals surface area contributed by atoms with Crippen LogP contribution in [0.25, 0.3) is 88.6 Å². The van der Waals surface area contributed by atoms with Gasteiger partial charge in [0.15, 0.2) is 0 Å². The normalized spacial score (nSPS) is 11.7. The molecule has 8 bridgehead atoms. The molecule has 0 fully saturated rings. The molecule has 0 unspecified atom stereocenters. The van der Waals surface area contributed by atoms with Crippen molar-refractivity contribution in [1.29, 1.82) is 0 Å². The Bertz CT molecular complexity index is 2020. The molecule has 2 aliphatic rings. The van der Waals surface area contributed by atoms with E-state index in [0.717, 1.165) is 88.6 Å². The van der Waals surface area contributed by atoms with Crippen molar-refractivity contribution in [3.8, 4) is 45.0 Å². The molecule has 0 aliphatic carbocycles. The van der Waals surface area contributed by atoms with E-state index >= 15 is 0 Å². The molecule has 0 saturated carbocycles. The van der Waals surface area contributed by atoms with Crippen molar-refractivity contribution >= 4 is 43.6 Å². The van der Waals surface area contributed by atoms with E-state index in [2.05, 4.69) is 121 Å². The largest absolute Gasteiger partial charge is 2.00 e. The molecular formula is C36H20CuN4. The molecule has 0 amide bonds. The molecule has 4 aromatic carbocycles. The third-order valence-corrected chi connectivity index (χ3v) is 7.97. The van der Waals surface area contributed by atoms with E-state index in [1.54, 1.807) is 0 Å². The average Bonchev–Trinajstić information content (AvgIpc) is 3.73. The smallest absolute Gasteiger partial charge is 0.657 e. The summed E-state index contributed by atoms with van der Waals surface area (Å²) in [4.78, 5) is 20.5. The third kappa shape index (κ3) is 3.60. The molecule has 5 heteroatoms. The summed E-state index contributed by atoms with van der Waals surface area (Å²) in [6.07, 6.45) is 0. The number of benzene rings is 4. The summed E-state index contributed by atoms with van der Waals surface area (Å²) in [6.45, 7) is 0. The first kappa shape index (κ1) is 23.9. The maximum Gasteiger partial charge on any atom is 2.00 e. The van der Waals surface area contributed by atoms with Gasteiger partial charge in [-0.05, 0) is 45.8 Å². The van der Waals surface area contributed by atoms with Gasteiger partial charge in [0.1, 0.15) is 0 Å². The number of rotatable bonds is 0. The first-order valence-corrected chi connectivity index (χ1v) is 13.4. The molecular weight excluding hydrogens is 552 g/mol. The van der Waals surface area contributed by atoms with Gasteiger partial charge in [0.2, 0.25) is 0 Å². The van der Waals surface area contributed by atoms with Crippen molar-refractivity contribution in [2.24, 2.45) is 0 Å². The minimum atomic E-state index is 0. The molecule has 1 radical (unpaired) electrons. The van der Waals surface area contributed by atoms with Crippen LogP contribution in [0.4, 0.5) is 0 Å². The van der Waals surface area contributed by atoms with Crippen LogP contribution in [0.5, 0.6) is 0 Å². The van der Waals surface area contributed by atoms with E-state index in [4.69, 9.17) is 19.9 Å². The Morgan fingerprint density at radius 1 is 0.341 bits per heavy atom. The summed E-state index contributed by atoms with van der Waals surface area (Å²) in [5.41, 5.74) is 11.7. The van der Waals surface area contributed by atoms with Crippen LogP contribution in [0, 0.1) is 0 Å². The van der Waals surface area contributed by atoms with Crippen LogP contribution >= 0.6 is 0 Å². The number of fused-ring (bicyclic) bond motifs is 20. The van der Waals surface area contributed by atoms with Crippen molar-refractivity contribution in [1.82, 2.24) is 19.9 Å². The van der Waals surface area contributed by atoms with Crippen LogP contribution in [0.1, 0.15) is 0 Å². The van der Waals surface area contributed by atoms with E-state index in [-0.39, 0.29) is 17.1 Å². The number of hydrogen-bond donors (Lipinski definition) is 0. The van der Waals surface area contributed by atoms with Crippen LogP contribution in [0.2, 0.25) is 0 Å². The maximum atomic E-state index is 5.13. The Morgan fingerprint density at radius 2 is 0.585 bits per heavy atom. The standard InChI is InChI=1S/C36H20N4.Cu/c1-2-10-22-21(9-1)29-17-31-23-11-3-4-12-24(23)33(38-31)19-35-27-15-7-8-16-28(27)36(40-35)20-34-26-14-6-5-13-25(26)32(39-34)18-30(22)37-29;/h1-20H;/q-2;+2. The van der Waals surface area contributed by atoms with Crippen LogP contribution in [-0.4, -0.2) is 9.97 Å². The first-order valence-electron chi connectivity index (χ1n) is 13.4. The third-order valence-electron chi connectivity index (χ3n) is 7.97. The fraction of sp³-hybridized carbons (Fsp3) is 0. The van der Waals surface area contributed by atoms with Gasteiger partial charge in [-0.15, -0.1) is 22.1 Å². The molecule has 0 N–H and O–H groups in total. The zero-order valence-corrected chi connectivity index (χ0v) is 22.6. The van der Waals surface area contributed by atoms with Gasteiger partial charge < -0.3 is 9.97 Å². The maximum absolute atomic E-state index is 5.13. The summed E-state index contributed by atoms with van der Waals surface area (Å²) in [6, 6.07) is 42.1. The molecule has 0 saturated heterocycles. The quantitative estimate of drug-likeness (QED) is 0.171. The topological polar surface area (TPSA) is 54.0 Å². The molecule has 0 atom stereocenters.